The fourth-order valence-corrected chi connectivity index (χ4v) is 3.39. The third-order valence-corrected chi connectivity index (χ3v) is 4.53. The second-order valence-electron chi connectivity index (χ2n) is 3.72. The summed E-state index contributed by atoms with van der Waals surface area (Å²) in [7, 11) is 0. The van der Waals surface area contributed by atoms with Gasteiger partial charge < -0.3 is 5.11 Å². The average molecular weight is 322 g/mol. The minimum absolute atomic E-state index is 0.0599. The Morgan fingerprint density at radius 3 is 2.86 bits per heavy atom. The zero-order valence-corrected chi connectivity index (χ0v) is 12.1. The van der Waals surface area contributed by atoms with Crippen molar-refractivity contribution >= 4 is 34.8 Å². The number of thiazole rings is 1. The predicted molar refractivity (Wildman–Crippen MR) is 73.5 cm³/mol. The minimum atomic E-state index is -1.10. The lowest BCUT2D eigenvalue weighted by Crippen LogP contribution is -1.94. The summed E-state index contributed by atoms with van der Waals surface area (Å²) in [6.45, 7) is 1.55. The highest BCUT2D eigenvalue weighted by Crippen LogP contribution is 2.36. The van der Waals surface area contributed by atoms with Crippen LogP contribution in [0.3, 0.4) is 0 Å². The minimum Gasteiger partial charge on any atom is -0.477 e. The number of carboxylic acids is 1. The van der Waals surface area contributed by atoms with Gasteiger partial charge in [-0.1, -0.05) is 11.3 Å². The summed E-state index contributed by atoms with van der Waals surface area (Å²) in [5, 5.41) is 28.7. The Morgan fingerprint density at radius 1 is 1.62 bits per heavy atom. The lowest BCUT2D eigenvalue weighted by molar-refractivity contribution is -0.388. The van der Waals surface area contributed by atoms with Crippen LogP contribution in [0.1, 0.15) is 20.9 Å². The molecule has 0 amide bonds. The molecule has 0 unspecified atom stereocenters. The molecule has 0 aliphatic carbocycles. The number of aromatic carboxylic acids is 1. The van der Waals surface area contributed by atoms with E-state index in [2.05, 4.69) is 9.97 Å². The van der Waals surface area contributed by atoms with Gasteiger partial charge in [-0.05, 0) is 18.7 Å². The van der Waals surface area contributed by atoms with Crippen molar-refractivity contribution in [3.8, 4) is 6.07 Å². The van der Waals surface area contributed by atoms with E-state index < -0.39 is 10.9 Å². The second-order valence-corrected chi connectivity index (χ2v) is 5.95. The highest BCUT2D eigenvalue weighted by atomic mass is 32.2. The van der Waals surface area contributed by atoms with Gasteiger partial charge in [-0.25, -0.2) is 14.8 Å². The van der Waals surface area contributed by atoms with Crippen LogP contribution in [0, 0.1) is 28.4 Å². The number of carboxylic acid groups (broad SMARTS) is 1. The monoisotopic (exact) mass is 322 g/mol. The quantitative estimate of drug-likeness (QED) is 0.671. The number of aryl methyl sites for hydroxylation is 1. The molecule has 21 heavy (non-hydrogen) atoms. The number of nitro groups is 1. The van der Waals surface area contributed by atoms with Crippen LogP contribution < -0.4 is 0 Å². The van der Waals surface area contributed by atoms with Crippen LogP contribution >= 0.6 is 23.1 Å². The van der Waals surface area contributed by atoms with Crippen LogP contribution in [0.4, 0.5) is 5.69 Å². The molecule has 0 aliphatic rings. The van der Waals surface area contributed by atoms with Gasteiger partial charge in [0.2, 0.25) is 0 Å². The standard InChI is InChI=1S/C11H6N4O4S2/c1-5-8(10(16)17)20-11(14-5)21-9-7(15(18)19)2-6(3-12)4-13-9/h2,4H,1H3,(H,16,17). The topological polar surface area (TPSA) is 130 Å². The molecule has 106 valence electrons. The zero-order chi connectivity index (χ0) is 15.6. The molecule has 0 radical (unpaired) electrons. The first-order valence-corrected chi connectivity index (χ1v) is 6.98. The molecule has 0 atom stereocenters. The van der Waals surface area contributed by atoms with E-state index in [0.29, 0.717) is 10.0 Å². The molecule has 2 heterocycles. The van der Waals surface area contributed by atoms with Gasteiger partial charge in [0.1, 0.15) is 10.9 Å². The van der Waals surface area contributed by atoms with Crippen molar-refractivity contribution in [1.82, 2.24) is 9.97 Å². The molecule has 0 fully saturated rings. The number of nitriles is 1. The number of rotatable bonds is 4. The molecule has 1 N–H and O–H groups in total. The molecular formula is C11H6N4O4S2. The van der Waals surface area contributed by atoms with E-state index >= 15 is 0 Å². The summed E-state index contributed by atoms with van der Waals surface area (Å²) < 4.78 is 0.338. The molecule has 0 spiro atoms. The van der Waals surface area contributed by atoms with Crippen LogP contribution in [-0.2, 0) is 0 Å². The Labute approximate surface area is 126 Å². The number of aromatic nitrogens is 2. The summed E-state index contributed by atoms with van der Waals surface area (Å²) in [5.74, 6) is -1.10. The maximum atomic E-state index is 11.0. The summed E-state index contributed by atoms with van der Waals surface area (Å²) in [6, 6.07) is 2.89. The van der Waals surface area contributed by atoms with Gasteiger partial charge in [0.25, 0.3) is 0 Å². The van der Waals surface area contributed by atoms with Gasteiger partial charge in [0.05, 0.1) is 16.2 Å². The highest BCUT2D eigenvalue weighted by Gasteiger charge is 2.21. The predicted octanol–water partition coefficient (Wildman–Crippen LogP) is 2.48. The number of hydrogen-bond donors (Lipinski definition) is 1. The van der Waals surface area contributed by atoms with E-state index in [0.717, 1.165) is 29.2 Å². The van der Waals surface area contributed by atoms with Crippen LogP contribution in [0.5, 0.6) is 0 Å². The Morgan fingerprint density at radius 2 is 2.33 bits per heavy atom. The fourth-order valence-electron chi connectivity index (χ4n) is 1.41. The molecular weight excluding hydrogens is 316 g/mol. The Balaban J connectivity index is 2.40. The fraction of sp³-hybridized carbons (Fsp3) is 0.0909. The Hall–Kier alpha value is -2.51. The van der Waals surface area contributed by atoms with Crippen molar-refractivity contribution in [2.24, 2.45) is 0 Å². The van der Waals surface area contributed by atoms with Crippen molar-refractivity contribution in [2.45, 2.75) is 16.3 Å². The van der Waals surface area contributed by atoms with Crippen molar-refractivity contribution in [2.75, 3.05) is 0 Å². The smallest absolute Gasteiger partial charge is 0.347 e. The lowest BCUT2D eigenvalue weighted by Gasteiger charge is -1.99. The van der Waals surface area contributed by atoms with E-state index in [-0.39, 0.29) is 21.2 Å². The van der Waals surface area contributed by atoms with E-state index in [1.54, 1.807) is 13.0 Å². The van der Waals surface area contributed by atoms with E-state index in [1.165, 1.54) is 6.20 Å². The molecule has 0 aromatic carbocycles. The zero-order valence-electron chi connectivity index (χ0n) is 10.4. The highest BCUT2D eigenvalue weighted by molar-refractivity contribution is 8.01. The van der Waals surface area contributed by atoms with Gasteiger partial charge in [0, 0.05) is 12.3 Å². The van der Waals surface area contributed by atoms with Crippen molar-refractivity contribution in [3.05, 3.63) is 38.5 Å². The summed E-state index contributed by atoms with van der Waals surface area (Å²) in [4.78, 5) is 29.3. The molecule has 2 aromatic heterocycles. The molecule has 0 saturated carbocycles. The number of nitrogens with zero attached hydrogens (tertiary/aromatic N) is 4. The first-order chi connectivity index (χ1) is 9.92. The summed E-state index contributed by atoms with van der Waals surface area (Å²) >= 11 is 1.81. The SMILES string of the molecule is Cc1nc(Sc2ncc(C#N)cc2[N+](=O)[O-])sc1C(=O)O. The van der Waals surface area contributed by atoms with Crippen molar-refractivity contribution in [3.63, 3.8) is 0 Å². The van der Waals surface area contributed by atoms with Gasteiger partial charge in [-0.15, -0.1) is 0 Å². The van der Waals surface area contributed by atoms with Gasteiger partial charge in [0.15, 0.2) is 9.37 Å². The summed E-state index contributed by atoms with van der Waals surface area (Å²) in [6.07, 6.45) is 1.22. The number of carbonyl (C=O) groups is 1. The van der Waals surface area contributed by atoms with E-state index in [9.17, 15) is 14.9 Å². The maximum Gasteiger partial charge on any atom is 0.347 e. The van der Waals surface area contributed by atoms with Gasteiger partial charge in [-0.3, -0.25) is 10.1 Å². The average Bonchev–Trinajstić information content (AvgIpc) is 2.80. The third kappa shape index (κ3) is 3.15. The van der Waals surface area contributed by atoms with Crippen molar-refractivity contribution in [1.29, 1.82) is 5.26 Å². The van der Waals surface area contributed by atoms with Crippen LogP contribution in [0.15, 0.2) is 21.6 Å². The van der Waals surface area contributed by atoms with Gasteiger partial charge >= 0.3 is 11.7 Å². The number of hydrogen-bond acceptors (Lipinski definition) is 8. The summed E-state index contributed by atoms with van der Waals surface area (Å²) in [5.41, 5.74) is 0.0997. The molecule has 0 bridgehead atoms. The molecule has 2 aromatic rings. The molecule has 2 rings (SSSR count). The van der Waals surface area contributed by atoms with Crippen LogP contribution in [0.2, 0.25) is 0 Å². The first kappa shape index (κ1) is 14.9. The van der Waals surface area contributed by atoms with E-state index in [1.807, 2.05) is 0 Å². The lowest BCUT2D eigenvalue weighted by atomic mass is 10.3. The second kappa shape index (κ2) is 5.86. The Bertz CT molecular complexity index is 781. The Kier molecular flexibility index (Phi) is 4.15. The molecule has 0 aliphatic heterocycles. The third-order valence-electron chi connectivity index (χ3n) is 2.31. The van der Waals surface area contributed by atoms with Crippen molar-refractivity contribution < 1.29 is 14.8 Å². The molecule has 8 nitrogen and oxygen atoms in total. The van der Waals surface area contributed by atoms with Gasteiger partial charge in [-0.2, -0.15) is 5.26 Å². The number of pyridine rings is 1. The van der Waals surface area contributed by atoms with Crippen LogP contribution in [-0.4, -0.2) is 26.0 Å². The largest absolute Gasteiger partial charge is 0.477 e. The normalized spacial score (nSPS) is 10.1. The first-order valence-electron chi connectivity index (χ1n) is 5.35. The van der Waals surface area contributed by atoms with Crippen LogP contribution in [0.25, 0.3) is 0 Å². The maximum absolute atomic E-state index is 11.0. The molecule has 0 saturated heterocycles. The molecule has 10 heteroatoms. The van der Waals surface area contributed by atoms with E-state index in [4.69, 9.17) is 10.4 Å².